The summed E-state index contributed by atoms with van der Waals surface area (Å²) in [5.41, 5.74) is 1.01. The molecule has 284 valence electrons. The minimum atomic E-state index is -1.62. The molecule has 0 unspecified atom stereocenters. The summed E-state index contributed by atoms with van der Waals surface area (Å²) in [6.45, 7) is 6.76. The van der Waals surface area contributed by atoms with Gasteiger partial charge in [-0.3, -0.25) is 28.8 Å². The van der Waals surface area contributed by atoms with Crippen molar-refractivity contribution < 1.29 is 80.9 Å². The van der Waals surface area contributed by atoms with Gasteiger partial charge in [0, 0.05) is 52.5 Å². The summed E-state index contributed by atoms with van der Waals surface area (Å²) in [4.78, 5) is 85.3. The number of hydrogen-bond donors (Lipinski definition) is 0. The van der Waals surface area contributed by atoms with Gasteiger partial charge in [0.05, 0.1) is 32.0 Å². The van der Waals surface area contributed by atoms with Crippen LogP contribution in [0.2, 0.25) is 0 Å². The Morgan fingerprint density at radius 2 is 1.38 bits per heavy atom. The summed E-state index contributed by atoms with van der Waals surface area (Å²) in [5, 5.41) is 0. The molecule has 1 aromatic carbocycles. The third kappa shape index (κ3) is 11.9. The molecule has 0 saturated carbocycles. The average molecular weight is 735 g/mol. The minimum Gasteiger partial charge on any atom is -0.468 e. The molecule has 2 aliphatic rings. The van der Waals surface area contributed by atoms with Crippen LogP contribution >= 0.6 is 0 Å². The second-order valence-electron chi connectivity index (χ2n) is 11.5. The highest BCUT2D eigenvalue weighted by Gasteiger charge is 2.54. The Morgan fingerprint density at radius 1 is 0.769 bits per heavy atom. The van der Waals surface area contributed by atoms with Crippen LogP contribution < -0.4 is 4.74 Å². The molecule has 0 amide bonds. The smallest absolute Gasteiger partial charge is 0.337 e. The van der Waals surface area contributed by atoms with Gasteiger partial charge in [0.1, 0.15) is 18.5 Å². The molecular formula is C35H42O17. The number of esters is 7. The molecule has 0 bridgehead atoms. The molecule has 2 heterocycles. The Hall–Kier alpha value is -5.29. The fourth-order valence-electron chi connectivity index (χ4n) is 5.44. The standard InChI is InChI=1S/C35H42O17/c1-8-25-26(15-29(41)44-14-13-23-9-11-24(12-10-23)47-19(3)37)27(33(42)43-7)16-46-34(25)52-35-32(50-22(6)40)31(49-21(5)39)30(48-20(4)38)28(51-35)17-45-18(2)36/h8-12,16,26,28,30-32,34-35H,13-15,17H2,1-7H3/b25-8+/t26-,28+,30+,31-,32+,34-,35-/m0/s1. The number of ether oxygens (including phenoxy) is 10. The van der Waals surface area contributed by atoms with Gasteiger partial charge in [-0.05, 0) is 24.6 Å². The predicted molar refractivity (Wildman–Crippen MR) is 172 cm³/mol. The van der Waals surface area contributed by atoms with Gasteiger partial charge in [0.15, 0.2) is 18.3 Å². The van der Waals surface area contributed by atoms with Crippen molar-refractivity contribution in [1.82, 2.24) is 0 Å². The van der Waals surface area contributed by atoms with Gasteiger partial charge < -0.3 is 47.4 Å². The first-order chi connectivity index (χ1) is 24.6. The van der Waals surface area contributed by atoms with Crippen LogP contribution in [0.25, 0.3) is 0 Å². The van der Waals surface area contributed by atoms with Crippen LogP contribution in [0.3, 0.4) is 0 Å². The maximum atomic E-state index is 13.1. The largest absolute Gasteiger partial charge is 0.468 e. The van der Waals surface area contributed by atoms with Crippen molar-refractivity contribution in [2.24, 2.45) is 5.92 Å². The fraction of sp³-hybridized carbons (Fsp3) is 0.514. The van der Waals surface area contributed by atoms with E-state index in [4.69, 9.17) is 47.4 Å². The van der Waals surface area contributed by atoms with E-state index < -0.39 is 91.3 Å². The topological polar surface area (TPSA) is 212 Å². The zero-order valence-electron chi connectivity index (χ0n) is 29.8. The Balaban J connectivity index is 1.87. The fourth-order valence-corrected chi connectivity index (χ4v) is 5.44. The van der Waals surface area contributed by atoms with E-state index in [1.165, 1.54) is 13.0 Å². The SMILES string of the molecule is C/C=C1/[C@H](O[C@@H]2O[C@H](COC(C)=O)[C@@H](OC(C)=O)[C@H](OC(C)=O)[C@H]2OC(C)=O)OC=C(C(=O)OC)[C@H]1CC(=O)OCCc1ccc(OC(C)=O)cc1. The number of carbonyl (C=O) groups is 7. The monoisotopic (exact) mass is 734 g/mol. The predicted octanol–water partition coefficient (Wildman–Crippen LogP) is 2.16. The molecule has 0 spiro atoms. The number of carbonyl (C=O) groups excluding carboxylic acids is 7. The van der Waals surface area contributed by atoms with Crippen molar-refractivity contribution in [3.05, 3.63) is 53.3 Å². The highest BCUT2D eigenvalue weighted by Crippen LogP contribution is 2.37. The zero-order valence-corrected chi connectivity index (χ0v) is 29.8. The Morgan fingerprint density at radius 3 is 1.94 bits per heavy atom. The van der Waals surface area contributed by atoms with Gasteiger partial charge >= 0.3 is 41.8 Å². The molecule has 0 aliphatic carbocycles. The summed E-state index contributed by atoms with van der Waals surface area (Å²) in [6.07, 6.45) is -6.22. The van der Waals surface area contributed by atoms with E-state index >= 15 is 0 Å². The van der Waals surface area contributed by atoms with E-state index in [0.717, 1.165) is 46.6 Å². The van der Waals surface area contributed by atoms with Crippen LogP contribution in [0, 0.1) is 5.92 Å². The Bertz CT molecular complexity index is 1540. The Labute approximate surface area is 299 Å². The van der Waals surface area contributed by atoms with Crippen LogP contribution in [-0.2, 0) is 82.6 Å². The molecule has 0 N–H and O–H groups in total. The van der Waals surface area contributed by atoms with Crippen LogP contribution in [0.4, 0.5) is 0 Å². The van der Waals surface area contributed by atoms with Crippen LogP contribution in [0.15, 0.2) is 47.7 Å². The van der Waals surface area contributed by atoms with Gasteiger partial charge in [-0.2, -0.15) is 0 Å². The van der Waals surface area contributed by atoms with Crippen LogP contribution in [-0.4, -0.2) is 99.1 Å². The Kier molecular flexibility index (Phi) is 15.3. The minimum absolute atomic E-state index is 0.0118. The van der Waals surface area contributed by atoms with Crippen molar-refractivity contribution in [3.63, 3.8) is 0 Å². The van der Waals surface area contributed by atoms with Gasteiger partial charge in [0.2, 0.25) is 12.6 Å². The highest BCUT2D eigenvalue weighted by molar-refractivity contribution is 5.90. The second-order valence-corrected chi connectivity index (χ2v) is 11.5. The highest BCUT2D eigenvalue weighted by atomic mass is 16.8. The molecular weight excluding hydrogens is 692 g/mol. The number of benzene rings is 1. The molecule has 1 fully saturated rings. The van der Waals surface area contributed by atoms with E-state index in [9.17, 15) is 33.6 Å². The lowest BCUT2D eigenvalue weighted by atomic mass is 9.86. The average Bonchev–Trinajstić information content (AvgIpc) is 3.06. The molecule has 1 saturated heterocycles. The van der Waals surface area contributed by atoms with Crippen LogP contribution in [0.1, 0.15) is 53.5 Å². The first-order valence-corrected chi connectivity index (χ1v) is 16.1. The van der Waals surface area contributed by atoms with Crippen molar-refractivity contribution in [3.8, 4) is 5.75 Å². The molecule has 0 aromatic heterocycles. The van der Waals surface area contributed by atoms with E-state index in [-0.39, 0.29) is 24.2 Å². The lowest BCUT2D eigenvalue weighted by Crippen LogP contribution is -2.63. The van der Waals surface area contributed by atoms with E-state index in [0.29, 0.717) is 12.2 Å². The first-order valence-electron chi connectivity index (χ1n) is 16.1. The second kappa shape index (κ2) is 19.4. The van der Waals surface area contributed by atoms with E-state index in [1.807, 2.05) is 0 Å². The zero-order chi connectivity index (χ0) is 38.5. The molecule has 1 aromatic rings. The molecule has 0 radical (unpaired) electrons. The van der Waals surface area contributed by atoms with Gasteiger partial charge in [-0.1, -0.05) is 18.2 Å². The maximum Gasteiger partial charge on any atom is 0.337 e. The van der Waals surface area contributed by atoms with E-state index in [2.05, 4.69) is 0 Å². The van der Waals surface area contributed by atoms with E-state index in [1.54, 1.807) is 31.2 Å². The molecule has 17 nitrogen and oxygen atoms in total. The normalized spacial score (nSPS) is 24.6. The molecule has 52 heavy (non-hydrogen) atoms. The molecule has 7 atom stereocenters. The maximum absolute atomic E-state index is 13.1. The van der Waals surface area contributed by atoms with Gasteiger partial charge in [-0.25, -0.2) is 4.79 Å². The summed E-state index contributed by atoms with van der Waals surface area (Å²) < 4.78 is 54.7. The van der Waals surface area contributed by atoms with Crippen molar-refractivity contribution in [2.45, 2.75) is 91.4 Å². The molecule has 2 aliphatic heterocycles. The van der Waals surface area contributed by atoms with Crippen molar-refractivity contribution >= 4 is 41.8 Å². The van der Waals surface area contributed by atoms with Crippen molar-refractivity contribution in [1.29, 1.82) is 0 Å². The quantitative estimate of drug-likeness (QED) is 0.116. The third-order valence-corrected chi connectivity index (χ3v) is 7.54. The molecule has 17 heteroatoms. The number of hydrogen-bond acceptors (Lipinski definition) is 17. The third-order valence-electron chi connectivity index (χ3n) is 7.54. The van der Waals surface area contributed by atoms with Crippen molar-refractivity contribution in [2.75, 3.05) is 20.3 Å². The summed E-state index contributed by atoms with van der Waals surface area (Å²) >= 11 is 0. The van der Waals surface area contributed by atoms with Gasteiger partial charge in [-0.15, -0.1) is 0 Å². The summed E-state index contributed by atoms with van der Waals surface area (Å²) in [5.74, 6) is -5.74. The number of rotatable bonds is 14. The lowest BCUT2D eigenvalue weighted by molar-refractivity contribution is -0.331. The molecule has 3 rings (SSSR count). The number of methoxy groups -OCH3 is 1. The lowest BCUT2D eigenvalue weighted by Gasteiger charge is -2.45. The van der Waals surface area contributed by atoms with Gasteiger partial charge in [0.25, 0.3) is 0 Å². The first kappa shape index (κ1) is 41.1. The summed E-state index contributed by atoms with van der Waals surface area (Å²) in [7, 11) is 1.15. The number of allylic oxidation sites excluding steroid dienone is 1. The summed E-state index contributed by atoms with van der Waals surface area (Å²) in [6, 6.07) is 6.66. The van der Waals surface area contributed by atoms with Crippen LogP contribution in [0.5, 0.6) is 5.75 Å².